The number of rotatable bonds is 4. The van der Waals surface area contributed by atoms with E-state index in [1.807, 2.05) is 36.0 Å². The van der Waals surface area contributed by atoms with Crippen molar-refractivity contribution < 1.29 is 10.2 Å². The number of benzene rings is 1. The second-order valence-electron chi connectivity index (χ2n) is 6.73. The van der Waals surface area contributed by atoms with Gasteiger partial charge in [-0.3, -0.25) is 4.68 Å². The van der Waals surface area contributed by atoms with E-state index in [0.29, 0.717) is 12.2 Å². The molecule has 0 atom stereocenters. The van der Waals surface area contributed by atoms with Gasteiger partial charge in [0.2, 0.25) is 0 Å². The van der Waals surface area contributed by atoms with Crippen molar-refractivity contribution in [3.63, 3.8) is 0 Å². The van der Waals surface area contributed by atoms with Crippen molar-refractivity contribution in [3.05, 3.63) is 51.2 Å². The van der Waals surface area contributed by atoms with Crippen LogP contribution in [-0.2, 0) is 12.1 Å². The molecule has 26 heavy (non-hydrogen) atoms. The number of phenolic OH excluding ortho intramolecular Hbond substituents is 1. The maximum atomic E-state index is 10.1. The smallest absolute Gasteiger partial charge is 0.133 e. The molecule has 1 aromatic carbocycles. The molecule has 0 bridgehead atoms. The highest BCUT2D eigenvalue weighted by atomic mass is 32.1. The second kappa shape index (κ2) is 6.56. The van der Waals surface area contributed by atoms with Crippen LogP contribution in [0, 0.1) is 25.2 Å². The van der Waals surface area contributed by atoms with Gasteiger partial charge >= 0.3 is 0 Å². The molecule has 0 aliphatic heterocycles. The van der Waals surface area contributed by atoms with E-state index in [1.54, 1.807) is 26.0 Å². The summed E-state index contributed by atoms with van der Waals surface area (Å²) in [7, 11) is 0. The molecule has 0 aliphatic rings. The summed E-state index contributed by atoms with van der Waals surface area (Å²) < 4.78 is 1.87. The van der Waals surface area contributed by atoms with Gasteiger partial charge in [-0.2, -0.15) is 10.4 Å². The summed E-state index contributed by atoms with van der Waals surface area (Å²) >= 11 is 1.49. The summed E-state index contributed by atoms with van der Waals surface area (Å²) in [6.45, 7) is 7.82. The van der Waals surface area contributed by atoms with Crippen LogP contribution in [0.4, 0.5) is 0 Å². The molecule has 0 fully saturated rings. The summed E-state index contributed by atoms with van der Waals surface area (Å²) in [5, 5.41) is 36.3. The first-order chi connectivity index (χ1) is 12.2. The molecule has 2 N–H and O–H groups in total. The van der Waals surface area contributed by atoms with Crippen LogP contribution in [0.3, 0.4) is 0 Å². The Bertz CT molecular complexity index is 1010. The highest BCUT2D eigenvalue weighted by Crippen LogP contribution is 2.31. The highest BCUT2D eigenvalue weighted by Gasteiger charge is 2.21. The Morgan fingerprint density at radius 3 is 2.62 bits per heavy atom. The minimum Gasteiger partial charge on any atom is -0.507 e. The van der Waals surface area contributed by atoms with Gasteiger partial charge < -0.3 is 10.2 Å². The normalized spacial score (nSPS) is 11.5. The van der Waals surface area contributed by atoms with Crippen LogP contribution in [-0.4, -0.2) is 25.0 Å². The molecule has 0 radical (unpaired) electrons. The molecule has 7 heteroatoms. The topological polar surface area (TPSA) is 95.0 Å². The summed E-state index contributed by atoms with van der Waals surface area (Å²) in [6.07, 6.45) is 0. The predicted molar refractivity (Wildman–Crippen MR) is 100.0 cm³/mol. The van der Waals surface area contributed by atoms with Gasteiger partial charge in [0.1, 0.15) is 22.4 Å². The number of aliphatic hydroxyl groups is 1. The zero-order chi connectivity index (χ0) is 19.1. The molecule has 0 saturated carbocycles. The average Bonchev–Trinajstić information content (AvgIpc) is 3.13. The molecule has 0 spiro atoms. The second-order valence-corrected chi connectivity index (χ2v) is 7.68. The lowest BCUT2D eigenvalue weighted by atomic mass is 10.0. The molecule has 2 heterocycles. The average molecular weight is 368 g/mol. The Morgan fingerprint density at radius 1 is 1.31 bits per heavy atom. The van der Waals surface area contributed by atoms with Gasteiger partial charge in [0.25, 0.3) is 0 Å². The van der Waals surface area contributed by atoms with E-state index in [-0.39, 0.29) is 11.3 Å². The zero-order valence-electron chi connectivity index (χ0n) is 15.1. The largest absolute Gasteiger partial charge is 0.507 e. The minimum absolute atomic E-state index is 0.0358. The number of hydrogen-bond acceptors (Lipinski definition) is 6. The van der Waals surface area contributed by atoms with Gasteiger partial charge in [-0.25, -0.2) is 4.98 Å². The van der Waals surface area contributed by atoms with Crippen LogP contribution in [0.5, 0.6) is 5.75 Å². The summed E-state index contributed by atoms with van der Waals surface area (Å²) in [4.78, 5) is 4.50. The molecule has 0 aliphatic carbocycles. The van der Waals surface area contributed by atoms with Crippen molar-refractivity contribution in [1.82, 2.24) is 14.8 Å². The first kappa shape index (κ1) is 18.1. The van der Waals surface area contributed by atoms with E-state index in [1.165, 1.54) is 11.3 Å². The Labute approximate surface area is 156 Å². The molecule has 134 valence electrons. The lowest BCUT2D eigenvalue weighted by Crippen LogP contribution is -2.16. The van der Waals surface area contributed by atoms with Crippen molar-refractivity contribution in [3.8, 4) is 22.9 Å². The maximum Gasteiger partial charge on any atom is 0.133 e. The standard InChI is InChI=1S/C19H20N4O2S/c1-11-18(13-5-6-14(8-20)15(24)7-13)12(2)23(22-11)9-17-21-16(10-26-17)19(3,4)25/h5-7,10,24-25H,9H2,1-4H3. The van der Waals surface area contributed by atoms with Crippen LogP contribution in [0.1, 0.15) is 41.5 Å². The Balaban J connectivity index is 1.95. The van der Waals surface area contributed by atoms with Gasteiger partial charge in [0.05, 0.1) is 23.5 Å². The Morgan fingerprint density at radius 2 is 2.04 bits per heavy atom. The van der Waals surface area contributed by atoms with Gasteiger partial charge in [-0.1, -0.05) is 6.07 Å². The van der Waals surface area contributed by atoms with Crippen LogP contribution < -0.4 is 0 Å². The molecule has 0 saturated heterocycles. The Kier molecular flexibility index (Phi) is 4.57. The van der Waals surface area contributed by atoms with E-state index < -0.39 is 5.60 Å². The number of aromatic nitrogens is 3. The Hall–Kier alpha value is -2.69. The number of thiazole rings is 1. The van der Waals surface area contributed by atoms with Crippen molar-refractivity contribution in [2.75, 3.05) is 0 Å². The zero-order valence-corrected chi connectivity index (χ0v) is 15.9. The predicted octanol–water partition coefficient (Wildman–Crippen LogP) is 3.48. The molecule has 2 aromatic heterocycles. The SMILES string of the molecule is Cc1nn(Cc2nc(C(C)(C)O)cs2)c(C)c1-c1ccc(C#N)c(O)c1. The number of aryl methyl sites for hydroxylation is 1. The van der Waals surface area contributed by atoms with Gasteiger partial charge in [-0.05, 0) is 45.4 Å². The third kappa shape index (κ3) is 3.34. The van der Waals surface area contributed by atoms with Gasteiger partial charge in [0.15, 0.2) is 0 Å². The van der Waals surface area contributed by atoms with Crippen LogP contribution in [0.15, 0.2) is 23.6 Å². The maximum absolute atomic E-state index is 10.1. The molecule has 3 rings (SSSR count). The van der Waals surface area contributed by atoms with Gasteiger partial charge in [-0.15, -0.1) is 11.3 Å². The number of nitriles is 1. The van der Waals surface area contributed by atoms with Crippen molar-refractivity contribution in [2.45, 2.75) is 39.8 Å². The van der Waals surface area contributed by atoms with Crippen molar-refractivity contribution >= 4 is 11.3 Å². The minimum atomic E-state index is -0.963. The summed E-state index contributed by atoms with van der Waals surface area (Å²) in [5.41, 5.74) is 3.48. The molecule has 0 amide bonds. The summed E-state index contributed by atoms with van der Waals surface area (Å²) in [5.74, 6) is -0.0358. The van der Waals surface area contributed by atoms with Crippen LogP contribution >= 0.6 is 11.3 Å². The van der Waals surface area contributed by atoms with Gasteiger partial charge in [0, 0.05) is 16.6 Å². The number of phenols is 1. The van der Waals surface area contributed by atoms with E-state index in [0.717, 1.165) is 27.5 Å². The van der Waals surface area contributed by atoms with E-state index in [2.05, 4.69) is 10.1 Å². The third-order valence-electron chi connectivity index (χ3n) is 4.25. The number of hydrogen-bond donors (Lipinski definition) is 2. The quantitative estimate of drug-likeness (QED) is 0.735. The number of aromatic hydroxyl groups is 1. The molecular weight excluding hydrogens is 348 g/mol. The molecule has 0 unspecified atom stereocenters. The first-order valence-electron chi connectivity index (χ1n) is 8.15. The van der Waals surface area contributed by atoms with Crippen molar-refractivity contribution in [1.29, 1.82) is 5.26 Å². The number of nitrogens with zero attached hydrogens (tertiary/aromatic N) is 4. The van der Waals surface area contributed by atoms with E-state index >= 15 is 0 Å². The molecular formula is C19H20N4O2S. The fourth-order valence-corrected chi connectivity index (χ4v) is 3.78. The van der Waals surface area contributed by atoms with Crippen molar-refractivity contribution in [2.24, 2.45) is 0 Å². The van der Waals surface area contributed by atoms with E-state index in [4.69, 9.17) is 5.26 Å². The third-order valence-corrected chi connectivity index (χ3v) is 5.09. The summed E-state index contributed by atoms with van der Waals surface area (Å²) in [6, 6.07) is 6.97. The fourth-order valence-electron chi connectivity index (χ4n) is 2.84. The first-order valence-corrected chi connectivity index (χ1v) is 9.03. The highest BCUT2D eigenvalue weighted by molar-refractivity contribution is 7.09. The lowest BCUT2D eigenvalue weighted by molar-refractivity contribution is 0.0743. The van der Waals surface area contributed by atoms with Crippen LogP contribution in [0.25, 0.3) is 11.1 Å². The van der Waals surface area contributed by atoms with E-state index in [9.17, 15) is 10.2 Å². The fraction of sp³-hybridized carbons (Fsp3) is 0.316. The monoisotopic (exact) mass is 368 g/mol. The molecule has 6 nitrogen and oxygen atoms in total. The molecule has 3 aromatic rings. The lowest BCUT2D eigenvalue weighted by Gasteiger charge is -2.13. The van der Waals surface area contributed by atoms with Crippen LogP contribution in [0.2, 0.25) is 0 Å².